The number of likely N-dealkylation sites (tertiary alicyclic amines) is 1. The van der Waals surface area contributed by atoms with Crippen molar-refractivity contribution in [3.8, 4) is 0 Å². The molecule has 0 spiro atoms. The molecule has 0 bridgehead atoms. The van der Waals surface area contributed by atoms with Crippen molar-refractivity contribution in [3.63, 3.8) is 0 Å². The maximum Gasteiger partial charge on any atom is 0.326 e. The van der Waals surface area contributed by atoms with E-state index in [-0.39, 0.29) is 37.8 Å². The van der Waals surface area contributed by atoms with Gasteiger partial charge >= 0.3 is 5.97 Å². The minimum atomic E-state index is -1.63. The maximum absolute atomic E-state index is 13.6. The Bertz CT molecular complexity index is 1150. The van der Waals surface area contributed by atoms with Crippen LogP contribution in [0.3, 0.4) is 0 Å². The number of amides is 6. The van der Waals surface area contributed by atoms with Gasteiger partial charge in [0, 0.05) is 13.1 Å². The van der Waals surface area contributed by atoms with E-state index in [1.807, 2.05) is 20.1 Å². The van der Waals surface area contributed by atoms with Gasteiger partial charge in [-0.1, -0.05) is 20.3 Å². The quantitative estimate of drug-likeness (QED) is 0.0326. The number of nitrogens with one attached hydrogen (secondary N) is 4. The van der Waals surface area contributed by atoms with Gasteiger partial charge in [0.05, 0.1) is 19.0 Å². The largest absolute Gasteiger partial charge is 0.480 e. The number of aliphatic carboxylic acids is 1. The summed E-state index contributed by atoms with van der Waals surface area (Å²) >= 11 is 1.50. The number of hydrogen-bond donors (Lipinski definition) is 9. The highest BCUT2D eigenvalue weighted by Crippen LogP contribution is 2.20. The molecule has 1 rings (SSSR count). The summed E-state index contributed by atoms with van der Waals surface area (Å²) < 4.78 is 0. The predicted octanol–water partition coefficient (Wildman–Crippen LogP) is -3.31. The van der Waals surface area contributed by atoms with E-state index in [0.29, 0.717) is 31.4 Å². The number of carbonyl (C=O) groups is 7. The minimum absolute atomic E-state index is 0.0139. The molecular weight excluding hydrogens is 636 g/mol. The normalized spacial score (nSPS) is 17.3. The number of aliphatic imine (C=N–C) groups is 1. The van der Waals surface area contributed by atoms with Crippen LogP contribution in [0.25, 0.3) is 0 Å². The molecule has 0 aliphatic carbocycles. The van der Waals surface area contributed by atoms with Crippen LogP contribution in [0.2, 0.25) is 0 Å². The number of carboxylic acids is 1. The van der Waals surface area contributed by atoms with Crippen molar-refractivity contribution in [2.75, 3.05) is 31.6 Å². The standard InChI is InChI=1S/C28H50N10O8S/c1-4-15(2)22(30)25(43)36-17(9-12-47-3)26(44)38-11-6-8-19(38)24(42)34-14-21(40)35-16(7-5-10-33-28(31)32)23(41)37-18(27(45)46)13-20(29)39/h15-19,22H,4-14,30H2,1-3H3,(H2,29,39)(H,34,42)(H,35,40)(H,36,43)(H,37,41)(H,45,46)(H4,31,32,33). The van der Waals surface area contributed by atoms with Crippen molar-refractivity contribution < 1.29 is 38.7 Å². The van der Waals surface area contributed by atoms with Crippen LogP contribution in [0, 0.1) is 5.92 Å². The van der Waals surface area contributed by atoms with Crippen molar-refractivity contribution in [1.29, 1.82) is 0 Å². The molecule has 0 radical (unpaired) electrons. The Hall–Kier alpha value is -4.13. The monoisotopic (exact) mass is 686 g/mol. The zero-order valence-corrected chi connectivity index (χ0v) is 28.0. The molecule has 0 aromatic rings. The van der Waals surface area contributed by atoms with E-state index in [1.54, 1.807) is 0 Å². The van der Waals surface area contributed by atoms with Gasteiger partial charge < -0.3 is 54.2 Å². The molecule has 6 unspecified atom stereocenters. The molecular formula is C28H50N10O8S. The fourth-order valence-electron chi connectivity index (χ4n) is 4.75. The Morgan fingerprint density at radius 1 is 0.979 bits per heavy atom. The van der Waals surface area contributed by atoms with Crippen LogP contribution in [0.1, 0.15) is 58.8 Å². The fraction of sp³-hybridized carbons (Fsp3) is 0.714. The molecule has 19 heteroatoms. The molecule has 13 N–H and O–H groups in total. The van der Waals surface area contributed by atoms with Crippen LogP contribution in [0.15, 0.2) is 4.99 Å². The molecule has 6 amide bonds. The molecule has 47 heavy (non-hydrogen) atoms. The van der Waals surface area contributed by atoms with E-state index in [1.165, 1.54) is 16.7 Å². The van der Waals surface area contributed by atoms with Crippen molar-refractivity contribution in [1.82, 2.24) is 26.2 Å². The maximum atomic E-state index is 13.6. The van der Waals surface area contributed by atoms with Crippen LogP contribution in [0.5, 0.6) is 0 Å². The first-order chi connectivity index (χ1) is 22.1. The third-order valence-corrected chi connectivity index (χ3v) is 8.31. The van der Waals surface area contributed by atoms with Gasteiger partial charge in [-0.2, -0.15) is 11.8 Å². The average molecular weight is 687 g/mol. The Kier molecular flexibility index (Phi) is 18.2. The summed E-state index contributed by atoms with van der Waals surface area (Å²) in [5.74, 6) is -5.30. The number of carboxylic acid groups (broad SMARTS) is 1. The number of nitrogens with two attached hydrogens (primary N) is 4. The lowest BCUT2D eigenvalue weighted by atomic mass is 9.99. The Labute approximate surface area is 278 Å². The number of carbonyl (C=O) groups excluding carboxylic acids is 6. The Morgan fingerprint density at radius 3 is 2.21 bits per heavy atom. The molecule has 0 aromatic heterocycles. The molecule has 18 nitrogen and oxygen atoms in total. The van der Waals surface area contributed by atoms with Gasteiger partial charge in [-0.3, -0.25) is 33.8 Å². The predicted molar refractivity (Wildman–Crippen MR) is 175 cm³/mol. The molecule has 1 aliphatic rings. The van der Waals surface area contributed by atoms with E-state index < -0.39 is 84.6 Å². The van der Waals surface area contributed by atoms with Gasteiger partial charge in [-0.15, -0.1) is 0 Å². The zero-order chi connectivity index (χ0) is 35.7. The van der Waals surface area contributed by atoms with Crippen molar-refractivity contribution in [2.24, 2.45) is 33.8 Å². The molecule has 0 aromatic carbocycles. The van der Waals surface area contributed by atoms with Gasteiger partial charge in [0.25, 0.3) is 0 Å². The van der Waals surface area contributed by atoms with E-state index in [2.05, 4.69) is 26.3 Å². The topological polar surface area (TPSA) is 308 Å². The van der Waals surface area contributed by atoms with Gasteiger partial charge in [0.15, 0.2) is 5.96 Å². The SMILES string of the molecule is CCC(C)C(N)C(=O)NC(CCSC)C(=O)N1CCCC1C(=O)NCC(=O)NC(CCCN=C(N)N)C(=O)NC(CC(N)=O)C(=O)O. The van der Waals surface area contributed by atoms with Crippen LogP contribution in [-0.2, 0) is 33.6 Å². The first-order valence-electron chi connectivity index (χ1n) is 15.4. The molecule has 1 saturated heterocycles. The second-order valence-corrected chi connectivity index (χ2v) is 12.3. The summed E-state index contributed by atoms with van der Waals surface area (Å²) in [4.78, 5) is 93.1. The second kappa shape index (κ2) is 20.9. The molecule has 1 fully saturated rings. The second-order valence-electron chi connectivity index (χ2n) is 11.3. The summed E-state index contributed by atoms with van der Waals surface area (Å²) in [6.07, 6.45) is 3.28. The van der Waals surface area contributed by atoms with E-state index in [0.717, 1.165) is 0 Å². The van der Waals surface area contributed by atoms with Gasteiger partial charge in [0.2, 0.25) is 35.4 Å². The summed E-state index contributed by atoms with van der Waals surface area (Å²) in [6.45, 7) is 3.58. The van der Waals surface area contributed by atoms with Crippen molar-refractivity contribution in [3.05, 3.63) is 0 Å². The summed E-state index contributed by atoms with van der Waals surface area (Å²) in [7, 11) is 0. The number of rotatable bonds is 21. The van der Waals surface area contributed by atoms with Crippen LogP contribution in [0.4, 0.5) is 0 Å². The van der Waals surface area contributed by atoms with E-state index >= 15 is 0 Å². The van der Waals surface area contributed by atoms with Crippen LogP contribution >= 0.6 is 11.8 Å². The summed E-state index contributed by atoms with van der Waals surface area (Å²) in [5, 5.41) is 19.2. The number of nitrogens with zero attached hydrogens (tertiary/aromatic N) is 2. The van der Waals surface area contributed by atoms with Crippen LogP contribution in [-0.4, -0.2) is 119 Å². The zero-order valence-electron chi connectivity index (χ0n) is 27.2. The van der Waals surface area contributed by atoms with Crippen molar-refractivity contribution >= 4 is 59.1 Å². The van der Waals surface area contributed by atoms with Gasteiger partial charge in [0.1, 0.15) is 24.2 Å². The number of guanidine groups is 1. The fourth-order valence-corrected chi connectivity index (χ4v) is 5.22. The Balaban J connectivity index is 2.94. The first kappa shape index (κ1) is 40.9. The van der Waals surface area contributed by atoms with Crippen molar-refractivity contribution in [2.45, 2.75) is 89.0 Å². The molecule has 0 saturated carbocycles. The summed E-state index contributed by atoms with van der Waals surface area (Å²) in [6, 6.07) is -5.47. The van der Waals surface area contributed by atoms with E-state index in [4.69, 9.17) is 22.9 Å². The highest BCUT2D eigenvalue weighted by Gasteiger charge is 2.38. The molecule has 266 valence electrons. The molecule has 1 heterocycles. The lowest BCUT2D eigenvalue weighted by Crippen LogP contribution is -2.57. The van der Waals surface area contributed by atoms with Gasteiger partial charge in [-0.25, -0.2) is 4.79 Å². The van der Waals surface area contributed by atoms with Gasteiger partial charge in [-0.05, 0) is 50.0 Å². The van der Waals surface area contributed by atoms with E-state index in [9.17, 15) is 38.7 Å². The van der Waals surface area contributed by atoms with Crippen LogP contribution < -0.4 is 44.2 Å². The third kappa shape index (κ3) is 14.4. The highest BCUT2D eigenvalue weighted by atomic mass is 32.2. The third-order valence-electron chi connectivity index (χ3n) is 7.66. The molecule has 1 aliphatic heterocycles. The lowest BCUT2D eigenvalue weighted by Gasteiger charge is -2.30. The number of primary amides is 1. The first-order valence-corrected chi connectivity index (χ1v) is 16.8. The minimum Gasteiger partial charge on any atom is -0.480 e. The summed E-state index contributed by atoms with van der Waals surface area (Å²) in [5.41, 5.74) is 21.8. The average Bonchev–Trinajstić information content (AvgIpc) is 3.51. The Morgan fingerprint density at radius 2 is 1.64 bits per heavy atom. The number of thioether (sulfide) groups is 1. The molecule has 6 atom stereocenters. The number of hydrogen-bond acceptors (Lipinski definition) is 10. The lowest BCUT2D eigenvalue weighted by molar-refractivity contribution is -0.143. The highest BCUT2D eigenvalue weighted by molar-refractivity contribution is 7.98. The smallest absolute Gasteiger partial charge is 0.326 e.